The molecule has 1 aromatic heterocycles. The predicted molar refractivity (Wildman–Crippen MR) is 116 cm³/mol. The highest BCUT2D eigenvalue weighted by atomic mass is 16.5. The van der Waals surface area contributed by atoms with E-state index in [1.807, 2.05) is 66.7 Å². The van der Waals surface area contributed by atoms with E-state index < -0.39 is 18.5 Å². The van der Waals surface area contributed by atoms with Crippen molar-refractivity contribution < 1.29 is 14.3 Å². The third-order valence-electron chi connectivity index (χ3n) is 4.67. The first-order valence-electron chi connectivity index (χ1n) is 9.61. The molecule has 0 aliphatic carbocycles. The Morgan fingerprint density at radius 3 is 2.52 bits per heavy atom. The standard InChI is InChI=1S/C24H18N4O3/c25-14-20-15-26-28(21-8-2-1-3-9-21)24(20)27-22(29)16-31-23(30)13-17-10-11-18-6-4-5-7-19(18)12-17/h1-12,15H,13,16H2,(H,27,29). The van der Waals surface area contributed by atoms with Gasteiger partial charge in [-0.1, -0.05) is 60.7 Å². The second-order valence-electron chi connectivity index (χ2n) is 6.83. The SMILES string of the molecule is N#Cc1cnn(-c2ccccc2)c1NC(=O)COC(=O)Cc1ccc2ccccc2c1. The normalized spacial score (nSPS) is 10.4. The number of carbonyl (C=O) groups excluding carboxylic acids is 2. The van der Waals surface area contributed by atoms with E-state index in [9.17, 15) is 14.9 Å². The molecule has 0 saturated heterocycles. The summed E-state index contributed by atoms with van der Waals surface area (Å²) in [4.78, 5) is 24.5. The fraction of sp³-hybridized carbons (Fsp3) is 0.0833. The van der Waals surface area contributed by atoms with Gasteiger partial charge in [0.05, 0.1) is 18.3 Å². The van der Waals surface area contributed by atoms with Gasteiger partial charge in [-0.3, -0.25) is 9.59 Å². The molecule has 3 aromatic carbocycles. The maximum absolute atomic E-state index is 12.4. The number of nitriles is 1. The van der Waals surface area contributed by atoms with Crippen LogP contribution in [0.5, 0.6) is 0 Å². The third-order valence-corrected chi connectivity index (χ3v) is 4.67. The molecular formula is C24H18N4O3. The quantitative estimate of drug-likeness (QED) is 0.490. The minimum absolute atomic E-state index is 0.0590. The van der Waals surface area contributed by atoms with Crippen LogP contribution in [0.4, 0.5) is 5.82 Å². The zero-order chi connectivity index (χ0) is 21.6. The first-order chi connectivity index (χ1) is 15.1. The maximum atomic E-state index is 12.4. The van der Waals surface area contributed by atoms with Crippen molar-refractivity contribution in [1.29, 1.82) is 5.26 Å². The van der Waals surface area contributed by atoms with Gasteiger partial charge in [0.25, 0.3) is 5.91 Å². The number of nitrogens with one attached hydrogen (secondary N) is 1. The Morgan fingerprint density at radius 1 is 1.00 bits per heavy atom. The van der Waals surface area contributed by atoms with Crippen LogP contribution in [0.15, 0.2) is 79.0 Å². The van der Waals surface area contributed by atoms with Crippen LogP contribution in [0.1, 0.15) is 11.1 Å². The van der Waals surface area contributed by atoms with Crippen LogP contribution in [0.25, 0.3) is 16.5 Å². The lowest BCUT2D eigenvalue weighted by molar-refractivity contribution is -0.146. The molecule has 31 heavy (non-hydrogen) atoms. The van der Waals surface area contributed by atoms with Gasteiger partial charge < -0.3 is 10.1 Å². The van der Waals surface area contributed by atoms with Crippen molar-refractivity contribution in [3.8, 4) is 11.8 Å². The van der Waals surface area contributed by atoms with Gasteiger partial charge in [0, 0.05) is 0 Å². The Morgan fingerprint density at radius 2 is 1.74 bits per heavy atom. The summed E-state index contributed by atoms with van der Waals surface area (Å²) in [5.41, 5.74) is 1.70. The molecule has 0 fully saturated rings. The van der Waals surface area contributed by atoms with E-state index in [2.05, 4.69) is 10.4 Å². The van der Waals surface area contributed by atoms with E-state index in [1.165, 1.54) is 10.9 Å². The molecule has 0 unspecified atom stereocenters. The number of rotatable bonds is 6. The molecule has 1 heterocycles. The number of hydrogen-bond acceptors (Lipinski definition) is 5. The zero-order valence-corrected chi connectivity index (χ0v) is 16.5. The zero-order valence-electron chi connectivity index (χ0n) is 16.5. The molecule has 4 aromatic rings. The van der Waals surface area contributed by atoms with E-state index in [-0.39, 0.29) is 17.8 Å². The average Bonchev–Trinajstić information content (AvgIpc) is 3.20. The largest absolute Gasteiger partial charge is 0.455 e. The van der Waals surface area contributed by atoms with Crippen molar-refractivity contribution in [3.63, 3.8) is 0 Å². The van der Waals surface area contributed by atoms with E-state index in [0.29, 0.717) is 5.69 Å². The Balaban J connectivity index is 1.38. The second kappa shape index (κ2) is 8.93. The third kappa shape index (κ3) is 4.60. The van der Waals surface area contributed by atoms with Crippen LogP contribution in [0.3, 0.4) is 0 Å². The lowest BCUT2D eigenvalue weighted by Crippen LogP contribution is -2.23. The number of fused-ring (bicyclic) bond motifs is 1. The van der Waals surface area contributed by atoms with Crippen molar-refractivity contribution in [2.45, 2.75) is 6.42 Å². The predicted octanol–water partition coefficient (Wildman–Crippen LogP) is 3.62. The van der Waals surface area contributed by atoms with Gasteiger partial charge in [-0.25, -0.2) is 4.68 Å². The number of amides is 1. The number of ether oxygens (including phenoxy) is 1. The number of hydrogen-bond donors (Lipinski definition) is 1. The Labute approximate surface area is 178 Å². The summed E-state index contributed by atoms with van der Waals surface area (Å²) in [7, 11) is 0. The van der Waals surface area contributed by atoms with E-state index in [0.717, 1.165) is 16.3 Å². The van der Waals surface area contributed by atoms with E-state index in [4.69, 9.17) is 4.74 Å². The molecule has 1 amide bonds. The highest BCUT2D eigenvalue weighted by molar-refractivity contribution is 5.93. The molecule has 0 aliphatic heterocycles. The highest BCUT2D eigenvalue weighted by Crippen LogP contribution is 2.19. The van der Waals surface area contributed by atoms with Gasteiger partial charge in [-0.15, -0.1) is 0 Å². The number of benzene rings is 3. The maximum Gasteiger partial charge on any atom is 0.310 e. The molecule has 0 aliphatic rings. The van der Waals surface area contributed by atoms with E-state index in [1.54, 1.807) is 12.1 Å². The fourth-order valence-corrected chi connectivity index (χ4v) is 3.20. The van der Waals surface area contributed by atoms with Crippen molar-refractivity contribution in [3.05, 3.63) is 90.1 Å². The number of para-hydroxylation sites is 1. The van der Waals surface area contributed by atoms with Crippen molar-refractivity contribution in [2.24, 2.45) is 0 Å². The van der Waals surface area contributed by atoms with Crippen molar-refractivity contribution >= 4 is 28.5 Å². The smallest absolute Gasteiger partial charge is 0.310 e. The number of carbonyl (C=O) groups is 2. The van der Waals surface area contributed by atoms with Crippen molar-refractivity contribution in [2.75, 3.05) is 11.9 Å². The molecule has 152 valence electrons. The Hall–Kier alpha value is -4.44. The van der Waals surface area contributed by atoms with Gasteiger partial charge in [-0.2, -0.15) is 10.4 Å². The van der Waals surface area contributed by atoms with Gasteiger partial charge in [0.1, 0.15) is 11.6 Å². The summed E-state index contributed by atoms with van der Waals surface area (Å²) >= 11 is 0. The summed E-state index contributed by atoms with van der Waals surface area (Å²) < 4.78 is 6.58. The molecule has 0 atom stereocenters. The Kier molecular flexibility index (Phi) is 5.72. The Bertz CT molecular complexity index is 1290. The number of nitrogens with zero attached hydrogens (tertiary/aromatic N) is 3. The molecule has 0 saturated carbocycles. The lowest BCUT2D eigenvalue weighted by atomic mass is 10.1. The van der Waals surface area contributed by atoms with Gasteiger partial charge in [-0.05, 0) is 28.5 Å². The molecule has 0 bridgehead atoms. The number of aromatic nitrogens is 2. The molecule has 7 nitrogen and oxygen atoms in total. The van der Waals surface area contributed by atoms with Crippen molar-refractivity contribution in [1.82, 2.24) is 9.78 Å². The molecule has 7 heteroatoms. The van der Waals surface area contributed by atoms with Gasteiger partial charge >= 0.3 is 5.97 Å². The minimum atomic E-state index is -0.555. The van der Waals surface area contributed by atoms with Crippen LogP contribution < -0.4 is 5.32 Å². The molecule has 1 N–H and O–H groups in total. The summed E-state index contributed by atoms with van der Waals surface area (Å²) in [6.45, 7) is -0.461. The fourth-order valence-electron chi connectivity index (χ4n) is 3.20. The highest BCUT2D eigenvalue weighted by Gasteiger charge is 2.16. The first-order valence-corrected chi connectivity index (χ1v) is 9.61. The molecule has 4 rings (SSSR count). The molecule has 0 radical (unpaired) electrons. The van der Waals surface area contributed by atoms with Crippen LogP contribution in [-0.4, -0.2) is 28.3 Å². The van der Waals surface area contributed by atoms with Gasteiger partial charge in [0.2, 0.25) is 0 Å². The summed E-state index contributed by atoms with van der Waals surface area (Å²) in [6.07, 6.45) is 1.43. The summed E-state index contributed by atoms with van der Waals surface area (Å²) in [5.74, 6) is -0.840. The topological polar surface area (TPSA) is 97.0 Å². The van der Waals surface area contributed by atoms with Crippen LogP contribution in [0, 0.1) is 11.3 Å². The lowest BCUT2D eigenvalue weighted by Gasteiger charge is -2.10. The van der Waals surface area contributed by atoms with E-state index >= 15 is 0 Å². The van der Waals surface area contributed by atoms with Gasteiger partial charge in [0.15, 0.2) is 12.4 Å². The second-order valence-corrected chi connectivity index (χ2v) is 6.83. The first kappa shape index (κ1) is 19.9. The molecular weight excluding hydrogens is 392 g/mol. The van der Waals surface area contributed by atoms with Crippen LogP contribution in [0.2, 0.25) is 0 Å². The van der Waals surface area contributed by atoms with Crippen LogP contribution >= 0.6 is 0 Å². The number of esters is 1. The summed E-state index contributed by atoms with van der Waals surface area (Å²) in [6, 6.07) is 24.7. The molecule has 0 spiro atoms. The summed E-state index contributed by atoms with van der Waals surface area (Å²) in [5, 5.41) is 18.2. The average molecular weight is 410 g/mol. The minimum Gasteiger partial charge on any atom is -0.455 e. The van der Waals surface area contributed by atoms with Crippen LogP contribution in [-0.2, 0) is 20.7 Å². The number of anilines is 1. The monoisotopic (exact) mass is 410 g/mol.